The number of hydrogen-bond donors (Lipinski definition) is 0. The molecule has 0 aliphatic carbocycles. The van der Waals surface area contributed by atoms with Gasteiger partial charge in [0.15, 0.2) is 11.9 Å². The zero-order chi connectivity index (χ0) is 12.0. The molecule has 0 bridgehead atoms. The second-order valence-corrected chi connectivity index (χ2v) is 3.63. The normalized spacial score (nSPS) is 12.4. The standard InChI is InChI=1S/C12H16N2O2/c1-10(12(15)6-8-14(2)3)16-11-5-4-7-13-9-11/h4-10H,1-3H3/b8-6+/t10-/m0/s1. The van der Waals surface area contributed by atoms with Crippen LogP contribution in [0.5, 0.6) is 5.75 Å². The number of rotatable bonds is 5. The van der Waals surface area contributed by atoms with Gasteiger partial charge in [-0.25, -0.2) is 0 Å². The summed E-state index contributed by atoms with van der Waals surface area (Å²) >= 11 is 0. The lowest BCUT2D eigenvalue weighted by atomic mass is 10.2. The number of hydrogen-bond acceptors (Lipinski definition) is 4. The summed E-state index contributed by atoms with van der Waals surface area (Å²) in [5.41, 5.74) is 0. The fourth-order valence-electron chi connectivity index (χ4n) is 1.04. The van der Waals surface area contributed by atoms with E-state index in [4.69, 9.17) is 4.74 Å². The second-order valence-electron chi connectivity index (χ2n) is 3.63. The van der Waals surface area contributed by atoms with Crippen LogP contribution in [-0.4, -0.2) is 35.9 Å². The first kappa shape index (κ1) is 12.2. The lowest BCUT2D eigenvalue weighted by Crippen LogP contribution is -2.22. The van der Waals surface area contributed by atoms with E-state index in [9.17, 15) is 4.79 Å². The molecule has 0 amide bonds. The Balaban J connectivity index is 2.53. The van der Waals surface area contributed by atoms with Gasteiger partial charge < -0.3 is 9.64 Å². The van der Waals surface area contributed by atoms with Gasteiger partial charge in [0.1, 0.15) is 5.75 Å². The molecular weight excluding hydrogens is 204 g/mol. The average Bonchev–Trinajstić information content (AvgIpc) is 2.27. The van der Waals surface area contributed by atoms with Crippen molar-refractivity contribution in [2.24, 2.45) is 0 Å². The van der Waals surface area contributed by atoms with Crippen molar-refractivity contribution in [3.8, 4) is 5.75 Å². The number of ether oxygens (including phenoxy) is 1. The molecule has 0 radical (unpaired) electrons. The molecule has 4 nitrogen and oxygen atoms in total. The van der Waals surface area contributed by atoms with Crippen LogP contribution in [0.25, 0.3) is 0 Å². The van der Waals surface area contributed by atoms with Gasteiger partial charge in [-0.1, -0.05) is 0 Å². The SMILES string of the molecule is C[C@H](Oc1cccnc1)C(=O)/C=C/N(C)C. The first-order valence-corrected chi connectivity index (χ1v) is 5.05. The first-order valence-electron chi connectivity index (χ1n) is 5.05. The van der Waals surface area contributed by atoms with Crippen molar-refractivity contribution in [1.82, 2.24) is 9.88 Å². The summed E-state index contributed by atoms with van der Waals surface area (Å²) in [7, 11) is 3.72. The lowest BCUT2D eigenvalue weighted by molar-refractivity contribution is -0.120. The smallest absolute Gasteiger partial charge is 0.197 e. The number of carbonyl (C=O) groups is 1. The van der Waals surface area contributed by atoms with Crippen LogP contribution in [-0.2, 0) is 4.79 Å². The van der Waals surface area contributed by atoms with Crippen molar-refractivity contribution >= 4 is 5.78 Å². The van der Waals surface area contributed by atoms with Gasteiger partial charge in [-0.3, -0.25) is 9.78 Å². The molecular formula is C12H16N2O2. The topological polar surface area (TPSA) is 42.4 Å². The summed E-state index contributed by atoms with van der Waals surface area (Å²) in [6, 6.07) is 3.54. The maximum absolute atomic E-state index is 11.6. The maximum atomic E-state index is 11.6. The van der Waals surface area contributed by atoms with Gasteiger partial charge in [-0.2, -0.15) is 0 Å². The van der Waals surface area contributed by atoms with Crippen molar-refractivity contribution in [3.05, 3.63) is 36.8 Å². The molecule has 0 saturated carbocycles. The van der Waals surface area contributed by atoms with Gasteiger partial charge in [-0.05, 0) is 19.1 Å². The van der Waals surface area contributed by atoms with Gasteiger partial charge in [0.2, 0.25) is 0 Å². The summed E-state index contributed by atoms with van der Waals surface area (Å²) < 4.78 is 5.43. The monoisotopic (exact) mass is 220 g/mol. The number of pyridine rings is 1. The quantitative estimate of drug-likeness (QED) is 0.705. The van der Waals surface area contributed by atoms with E-state index in [-0.39, 0.29) is 5.78 Å². The Hall–Kier alpha value is -1.84. The van der Waals surface area contributed by atoms with Gasteiger partial charge in [-0.15, -0.1) is 0 Å². The number of nitrogens with zero attached hydrogens (tertiary/aromatic N) is 2. The van der Waals surface area contributed by atoms with E-state index >= 15 is 0 Å². The van der Waals surface area contributed by atoms with Crippen LogP contribution in [0.15, 0.2) is 36.8 Å². The van der Waals surface area contributed by atoms with Gasteiger partial charge in [0.05, 0.1) is 6.20 Å². The summed E-state index contributed by atoms with van der Waals surface area (Å²) in [5, 5.41) is 0. The molecule has 0 aliphatic rings. The minimum Gasteiger partial charge on any atom is -0.481 e. The Kier molecular flexibility index (Phi) is 4.51. The lowest BCUT2D eigenvalue weighted by Gasteiger charge is -2.11. The molecule has 16 heavy (non-hydrogen) atoms. The number of ketones is 1. The third kappa shape index (κ3) is 4.13. The van der Waals surface area contributed by atoms with Crippen molar-refractivity contribution in [1.29, 1.82) is 0 Å². The van der Waals surface area contributed by atoms with E-state index in [1.54, 1.807) is 42.6 Å². The molecule has 0 aromatic carbocycles. The van der Waals surface area contributed by atoms with Gasteiger partial charge >= 0.3 is 0 Å². The van der Waals surface area contributed by atoms with Gasteiger partial charge in [0.25, 0.3) is 0 Å². The molecule has 1 heterocycles. The second kappa shape index (κ2) is 5.90. The zero-order valence-electron chi connectivity index (χ0n) is 9.75. The highest BCUT2D eigenvalue weighted by molar-refractivity contribution is 5.93. The largest absolute Gasteiger partial charge is 0.481 e. The van der Waals surface area contributed by atoms with E-state index in [1.807, 2.05) is 14.1 Å². The highest BCUT2D eigenvalue weighted by Gasteiger charge is 2.11. The Morgan fingerprint density at radius 2 is 2.31 bits per heavy atom. The molecule has 0 spiro atoms. The van der Waals surface area contributed by atoms with Crippen LogP contribution in [0.4, 0.5) is 0 Å². The molecule has 1 atom stereocenters. The van der Waals surface area contributed by atoms with Crippen molar-refractivity contribution in [3.63, 3.8) is 0 Å². The molecule has 86 valence electrons. The average molecular weight is 220 g/mol. The maximum Gasteiger partial charge on any atom is 0.197 e. The minimum absolute atomic E-state index is 0.0717. The highest BCUT2D eigenvalue weighted by atomic mass is 16.5. The van der Waals surface area contributed by atoms with Crippen LogP contribution >= 0.6 is 0 Å². The van der Waals surface area contributed by atoms with Crippen molar-refractivity contribution in [2.45, 2.75) is 13.0 Å². The van der Waals surface area contributed by atoms with E-state index in [2.05, 4.69) is 4.98 Å². The summed E-state index contributed by atoms with van der Waals surface area (Å²) in [6.07, 6.45) is 5.94. The first-order chi connectivity index (χ1) is 7.59. The van der Waals surface area contributed by atoms with E-state index in [1.165, 1.54) is 6.08 Å². The molecule has 0 saturated heterocycles. The Morgan fingerprint density at radius 3 is 2.88 bits per heavy atom. The van der Waals surface area contributed by atoms with E-state index < -0.39 is 6.10 Å². The zero-order valence-corrected chi connectivity index (χ0v) is 9.75. The number of carbonyl (C=O) groups excluding carboxylic acids is 1. The predicted molar refractivity (Wildman–Crippen MR) is 62.2 cm³/mol. The van der Waals surface area contributed by atoms with E-state index in [0.717, 1.165) is 0 Å². The Morgan fingerprint density at radius 1 is 1.56 bits per heavy atom. The molecule has 1 rings (SSSR count). The Labute approximate surface area is 95.6 Å². The van der Waals surface area contributed by atoms with Gasteiger partial charge in [0, 0.05) is 32.6 Å². The molecule has 1 aromatic rings. The molecule has 0 N–H and O–H groups in total. The number of aromatic nitrogens is 1. The summed E-state index contributed by atoms with van der Waals surface area (Å²) in [4.78, 5) is 17.3. The van der Waals surface area contributed by atoms with Crippen LogP contribution in [0.1, 0.15) is 6.92 Å². The van der Waals surface area contributed by atoms with Crippen LogP contribution < -0.4 is 4.74 Å². The molecule has 0 aliphatic heterocycles. The third-order valence-electron chi connectivity index (χ3n) is 1.88. The molecule has 0 unspecified atom stereocenters. The van der Waals surface area contributed by atoms with Crippen molar-refractivity contribution < 1.29 is 9.53 Å². The fourth-order valence-corrected chi connectivity index (χ4v) is 1.04. The Bertz CT molecular complexity index is 361. The summed E-state index contributed by atoms with van der Waals surface area (Å²) in [6.45, 7) is 1.72. The van der Waals surface area contributed by atoms with Crippen molar-refractivity contribution in [2.75, 3.05) is 14.1 Å². The fraction of sp³-hybridized carbons (Fsp3) is 0.333. The van der Waals surface area contributed by atoms with E-state index in [0.29, 0.717) is 5.75 Å². The predicted octanol–water partition coefficient (Wildman–Crippen LogP) is 1.49. The third-order valence-corrected chi connectivity index (χ3v) is 1.88. The molecule has 1 aromatic heterocycles. The van der Waals surface area contributed by atoms with Crippen LogP contribution in [0.2, 0.25) is 0 Å². The molecule has 0 fully saturated rings. The summed E-state index contributed by atoms with van der Waals surface area (Å²) in [5.74, 6) is 0.527. The highest BCUT2D eigenvalue weighted by Crippen LogP contribution is 2.09. The minimum atomic E-state index is -0.500. The molecule has 4 heteroatoms. The van der Waals surface area contributed by atoms with Crippen LogP contribution in [0.3, 0.4) is 0 Å². The van der Waals surface area contributed by atoms with Crippen LogP contribution in [0, 0.1) is 0 Å².